The van der Waals surface area contributed by atoms with Gasteiger partial charge in [0.15, 0.2) is 6.10 Å². The van der Waals surface area contributed by atoms with Crippen LogP contribution in [0, 0.1) is 5.92 Å². The third-order valence-corrected chi connectivity index (χ3v) is 5.97. The SMILES string of the molecule is CCOc1ccc(N2C(=O)[C@@H]3[C@@H](c4cccc(OC)c4)N(c4ccccc4)O[C@H]3C2=O)cc1. The van der Waals surface area contributed by atoms with Gasteiger partial charge in [-0.15, -0.1) is 0 Å². The van der Waals surface area contributed by atoms with Gasteiger partial charge in [0, 0.05) is 0 Å². The number of methoxy groups -OCH3 is 1. The molecule has 0 radical (unpaired) electrons. The van der Waals surface area contributed by atoms with Gasteiger partial charge in [0.2, 0.25) is 5.91 Å². The summed E-state index contributed by atoms with van der Waals surface area (Å²) in [5, 5.41) is 1.68. The van der Waals surface area contributed by atoms with Crippen molar-refractivity contribution in [2.75, 3.05) is 23.7 Å². The first-order valence-corrected chi connectivity index (χ1v) is 10.9. The molecule has 2 amide bonds. The molecule has 2 aliphatic rings. The fourth-order valence-electron chi connectivity index (χ4n) is 4.49. The van der Waals surface area contributed by atoms with Gasteiger partial charge in [-0.1, -0.05) is 30.3 Å². The van der Waals surface area contributed by atoms with Crippen LogP contribution in [0.2, 0.25) is 0 Å². The number of amides is 2. The van der Waals surface area contributed by atoms with Gasteiger partial charge in [-0.2, -0.15) is 0 Å². The molecule has 0 spiro atoms. The molecule has 2 saturated heterocycles. The Morgan fingerprint density at radius 1 is 0.848 bits per heavy atom. The Balaban J connectivity index is 1.54. The summed E-state index contributed by atoms with van der Waals surface area (Å²) < 4.78 is 10.9. The first kappa shape index (κ1) is 21.0. The third-order valence-electron chi connectivity index (χ3n) is 5.97. The van der Waals surface area contributed by atoms with Crippen LogP contribution in [-0.2, 0) is 14.4 Å². The zero-order chi connectivity index (χ0) is 22.9. The fourth-order valence-corrected chi connectivity index (χ4v) is 4.49. The lowest BCUT2D eigenvalue weighted by Crippen LogP contribution is -2.37. The quantitative estimate of drug-likeness (QED) is 0.532. The van der Waals surface area contributed by atoms with Crippen LogP contribution in [0.4, 0.5) is 11.4 Å². The molecule has 33 heavy (non-hydrogen) atoms. The Labute approximate surface area is 192 Å². The molecule has 2 aliphatic heterocycles. The number of ether oxygens (including phenoxy) is 2. The molecule has 7 nitrogen and oxygen atoms in total. The molecule has 0 unspecified atom stereocenters. The average Bonchev–Trinajstić information content (AvgIpc) is 3.36. The predicted molar refractivity (Wildman–Crippen MR) is 123 cm³/mol. The number of hydroxylamine groups is 1. The zero-order valence-electron chi connectivity index (χ0n) is 18.4. The van der Waals surface area contributed by atoms with E-state index >= 15 is 0 Å². The number of rotatable bonds is 6. The summed E-state index contributed by atoms with van der Waals surface area (Å²) in [6.45, 7) is 2.44. The van der Waals surface area contributed by atoms with Gasteiger partial charge in [-0.05, 0) is 61.0 Å². The second-order valence-corrected chi connectivity index (χ2v) is 7.87. The minimum absolute atomic E-state index is 0.291. The van der Waals surface area contributed by atoms with Gasteiger partial charge in [0.1, 0.15) is 17.4 Å². The van der Waals surface area contributed by atoms with Crippen molar-refractivity contribution in [1.29, 1.82) is 0 Å². The summed E-state index contributed by atoms with van der Waals surface area (Å²) in [7, 11) is 1.60. The van der Waals surface area contributed by atoms with Crippen LogP contribution >= 0.6 is 0 Å². The number of benzene rings is 3. The second kappa shape index (κ2) is 8.60. The third kappa shape index (κ3) is 3.60. The Bertz CT molecular complexity index is 1160. The highest BCUT2D eigenvalue weighted by Gasteiger charge is 2.60. The molecule has 0 aliphatic carbocycles. The Kier molecular flexibility index (Phi) is 5.48. The summed E-state index contributed by atoms with van der Waals surface area (Å²) >= 11 is 0. The lowest BCUT2D eigenvalue weighted by Gasteiger charge is -2.29. The molecule has 0 bridgehead atoms. The molecule has 3 atom stereocenters. The minimum atomic E-state index is -0.916. The van der Waals surface area contributed by atoms with Gasteiger partial charge in [0.25, 0.3) is 5.91 Å². The van der Waals surface area contributed by atoms with E-state index in [-0.39, 0.29) is 11.8 Å². The monoisotopic (exact) mass is 444 g/mol. The summed E-state index contributed by atoms with van der Waals surface area (Å²) in [5.41, 5.74) is 2.11. The van der Waals surface area contributed by atoms with Gasteiger partial charge in [0.05, 0.1) is 31.1 Å². The normalized spacial score (nSPS) is 21.9. The molecule has 3 aromatic rings. The molecule has 0 saturated carbocycles. The van der Waals surface area contributed by atoms with Gasteiger partial charge >= 0.3 is 0 Å². The van der Waals surface area contributed by atoms with Crippen LogP contribution in [0.5, 0.6) is 11.5 Å². The molecule has 3 aromatic carbocycles. The van der Waals surface area contributed by atoms with Crippen LogP contribution in [-0.4, -0.2) is 31.6 Å². The highest BCUT2D eigenvalue weighted by atomic mass is 16.7. The summed E-state index contributed by atoms with van der Waals surface area (Å²) in [5.74, 6) is -0.0114. The topological polar surface area (TPSA) is 68.3 Å². The Morgan fingerprint density at radius 3 is 2.30 bits per heavy atom. The molecular formula is C26H24N2O5. The summed E-state index contributed by atoms with van der Waals surface area (Å²) in [4.78, 5) is 34.4. The van der Waals surface area contributed by atoms with Gasteiger partial charge in [-0.25, -0.2) is 9.96 Å². The van der Waals surface area contributed by atoms with E-state index in [2.05, 4.69) is 0 Å². The van der Waals surface area contributed by atoms with Crippen molar-refractivity contribution in [3.63, 3.8) is 0 Å². The molecule has 7 heteroatoms. The number of nitrogens with zero attached hydrogens (tertiary/aromatic N) is 2. The Hall–Kier alpha value is -3.84. The lowest BCUT2D eigenvalue weighted by atomic mass is 9.90. The summed E-state index contributed by atoms with van der Waals surface area (Å²) in [6.07, 6.45) is -0.916. The van der Waals surface area contributed by atoms with Crippen LogP contribution in [0.25, 0.3) is 0 Å². The van der Waals surface area contributed by atoms with Crippen molar-refractivity contribution in [2.45, 2.75) is 19.1 Å². The van der Waals surface area contributed by atoms with E-state index in [9.17, 15) is 9.59 Å². The van der Waals surface area contributed by atoms with E-state index in [1.165, 1.54) is 4.90 Å². The van der Waals surface area contributed by atoms with E-state index in [1.54, 1.807) is 36.4 Å². The molecule has 0 aromatic heterocycles. The van der Waals surface area contributed by atoms with E-state index in [4.69, 9.17) is 14.3 Å². The first-order valence-electron chi connectivity index (χ1n) is 10.9. The maximum atomic E-state index is 13.7. The van der Waals surface area contributed by atoms with Crippen molar-refractivity contribution >= 4 is 23.2 Å². The lowest BCUT2D eigenvalue weighted by molar-refractivity contribution is -0.126. The van der Waals surface area contributed by atoms with E-state index in [1.807, 2.05) is 61.5 Å². The van der Waals surface area contributed by atoms with E-state index in [0.717, 1.165) is 11.3 Å². The fraction of sp³-hybridized carbons (Fsp3) is 0.231. The van der Waals surface area contributed by atoms with Crippen LogP contribution in [0.3, 0.4) is 0 Å². The number of imide groups is 1. The number of anilines is 2. The highest BCUT2D eigenvalue weighted by molar-refractivity contribution is 6.23. The number of hydrogen-bond acceptors (Lipinski definition) is 6. The molecular weight excluding hydrogens is 420 g/mol. The maximum Gasteiger partial charge on any atom is 0.266 e. The Morgan fingerprint density at radius 2 is 1.61 bits per heavy atom. The number of para-hydroxylation sites is 1. The van der Waals surface area contributed by atoms with Gasteiger partial charge < -0.3 is 9.47 Å². The van der Waals surface area contributed by atoms with Gasteiger partial charge in [-0.3, -0.25) is 14.4 Å². The predicted octanol–water partition coefficient (Wildman–Crippen LogP) is 4.15. The van der Waals surface area contributed by atoms with Crippen LogP contribution in [0.1, 0.15) is 18.5 Å². The minimum Gasteiger partial charge on any atom is -0.497 e. The largest absolute Gasteiger partial charge is 0.497 e. The van der Waals surface area contributed by atoms with E-state index < -0.39 is 18.1 Å². The second-order valence-electron chi connectivity index (χ2n) is 7.87. The van der Waals surface area contributed by atoms with Crippen molar-refractivity contribution < 1.29 is 23.9 Å². The average molecular weight is 444 g/mol. The first-order chi connectivity index (χ1) is 16.1. The standard InChI is InChI=1S/C26H24N2O5/c1-3-32-20-14-12-18(13-15-20)27-25(29)22-23(17-8-7-11-21(16-17)31-2)28(33-24(22)26(27)30)19-9-5-4-6-10-19/h4-16,22-24H,3H2,1-2H3/t22-,23-,24-/m1/s1. The molecule has 168 valence electrons. The van der Waals surface area contributed by atoms with Crippen molar-refractivity contribution in [3.05, 3.63) is 84.4 Å². The smallest absolute Gasteiger partial charge is 0.266 e. The maximum absolute atomic E-state index is 13.7. The number of hydrogen-bond donors (Lipinski definition) is 0. The molecule has 2 heterocycles. The summed E-state index contributed by atoms with van der Waals surface area (Å²) in [6, 6.07) is 23.5. The van der Waals surface area contributed by atoms with Crippen LogP contribution in [0.15, 0.2) is 78.9 Å². The van der Waals surface area contributed by atoms with Crippen molar-refractivity contribution in [3.8, 4) is 11.5 Å². The number of fused-ring (bicyclic) bond motifs is 1. The highest BCUT2D eigenvalue weighted by Crippen LogP contribution is 2.48. The molecule has 0 N–H and O–H groups in total. The zero-order valence-corrected chi connectivity index (χ0v) is 18.4. The molecule has 2 fully saturated rings. The number of carbonyl (C=O) groups is 2. The molecule has 5 rings (SSSR count). The van der Waals surface area contributed by atoms with Crippen molar-refractivity contribution in [2.24, 2.45) is 5.92 Å². The van der Waals surface area contributed by atoms with E-state index in [0.29, 0.717) is 23.8 Å². The number of carbonyl (C=O) groups excluding carboxylic acids is 2. The van der Waals surface area contributed by atoms with Crippen LogP contribution < -0.4 is 19.4 Å². The van der Waals surface area contributed by atoms with Crippen molar-refractivity contribution in [1.82, 2.24) is 0 Å².